The van der Waals surface area contributed by atoms with Gasteiger partial charge in [0.2, 0.25) is 0 Å². The van der Waals surface area contributed by atoms with Gasteiger partial charge in [0, 0.05) is 5.54 Å². The maximum atomic E-state index is 6.21. The molecular weight excluding hydrogens is 190 g/mol. The predicted octanol–water partition coefficient (Wildman–Crippen LogP) is 1.71. The Morgan fingerprint density at radius 1 is 1.13 bits per heavy atom. The Morgan fingerprint density at radius 2 is 1.73 bits per heavy atom. The van der Waals surface area contributed by atoms with Crippen molar-refractivity contribution in [3.63, 3.8) is 0 Å². The van der Waals surface area contributed by atoms with Gasteiger partial charge in [0.15, 0.2) is 11.5 Å². The third kappa shape index (κ3) is 1.38. The Hall–Kier alpha value is -1.22. The van der Waals surface area contributed by atoms with Gasteiger partial charge in [0.1, 0.15) is 13.2 Å². The molecule has 0 amide bonds. The van der Waals surface area contributed by atoms with E-state index in [1.807, 2.05) is 6.07 Å². The van der Waals surface area contributed by atoms with Crippen molar-refractivity contribution >= 4 is 0 Å². The molecule has 1 heterocycles. The molecule has 1 aromatic carbocycles. The smallest absolute Gasteiger partial charge is 0.161 e. The lowest BCUT2D eigenvalue weighted by Gasteiger charge is -2.22. The first kappa shape index (κ1) is 9.04. The quantitative estimate of drug-likeness (QED) is 0.759. The minimum absolute atomic E-state index is 0.0973. The molecular formula is C12H15NO2. The number of ether oxygens (including phenoxy) is 2. The number of fused-ring (bicyclic) bond motifs is 1. The molecule has 0 atom stereocenters. The minimum Gasteiger partial charge on any atom is -0.486 e. The monoisotopic (exact) mass is 205 g/mol. The van der Waals surface area contributed by atoms with Gasteiger partial charge >= 0.3 is 0 Å². The van der Waals surface area contributed by atoms with Crippen molar-refractivity contribution in [2.75, 3.05) is 13.2 Å². The van der Waals surface area contributed by atoms with Crippen LogP contribution in [0.25, 0.3) is 0 Å². The molecule has 1 aliphatic heterocycles. The highest BCUT2D eigenvalue weighted by atomic mass is 16.6. The highest BCUT2D eigenvalue weighted by Gasteiger charge is 2.41. The van der Waals surface area contributed by atoms with Gasteiger partial charge in [-0.1, -0.05) is 0 Å². The molecule has 3 heteroatoms. The number of nitrogens with two attached hydrogens (primary N) is 1. The molecule has 0 unspecified atom stereocenters. The third-order valence-corrected chi connectivity index (χ3v) is 3.21. The normalized spacial score (nSPS) is 21.2. The molecule has 15 heavy (non-hydrogen) atoms. The molecule has 1 aliphatic carbocycles. The summed E-state index contributed by atoms with van der Waals surface area (Å²) in [5, 5.41) is 0. The van der Waals surface area contributed by atoms with Crippen LogP contribution in [0.5, 0.6) is 11.5 Å². The van der Waals surface area contributed by atoms with Crippen LogP contribution in [-0.4, -0.2) is 13.2 Å². The molecule has 80 valence electrons. The van der Waals surface area contributed by atoms with Gasteiger partial charge in [-0.05, 0) is 43.0 Å². The zero-order valence-electron chi connectivity index (χ0n) is 8.88. The zero-order chi connectivity index (χ0) is 10.5. The first-order valence-corrected chi connectivity index (χ1v) is 5.39. The van der Waals surface area contributed by atoms with Crippen LogP contribution in [0.3, 0.4) is 0 Å². The predicted molar refractivity (Wildman–Crippen MR) is 57.3 cm³/mol. The summed E-state index contributed by atoms with van der Waals surface area (Å²) in [7, 11) is 0. The van der Waals surface area contributed by atoms with Crippen LogP contribution in [0.2, 0.25) is 0 Å². The van der Waals surface area contributed by atoms with E-state index in [-0.39, 0.29) is 5.54 Å². The van der Waals surface area contributed by atoms with Gasteiger partial charge in [-0.15, -0.1) is 0 Å². The van der Waals surface area contributed by atoms with E-state index in [4.69, 9.17) is 15.2 Å². The maximum Gasteiger partial charge on any atom is 0.161 e. The van der Waals surface area contributed by atoms with Crippen molar-refractivity contribution < 1.29 is 9.47 Å². The van der Waals surface area contributed by atoms with Crippen molar-refractivity contribution in [3.05, 3.63) is 23.3 Å². The average Bonchev–Trinajstić information content (AvgIpc) is 2.96. The molecule has 2 N–H and O–H groups in total. The molecule has 1 saturated carbocycles. The van der Waals surface area contributed by atoms with E-state index in [1.165, 1.54) is 11.1 Å². The van der Waals surface area contributed by atoms with Crippen LogP contribution >= 0.6 is 0 Å². The number of hydrogen-bond acceptors (Lipinski definition) is 3. The molecule has 1 fully saturated rings. The fourth-order valence-electron chi connectivity index (χ4n) is 2.13. The minimum atomic E-state index is -0.0973. The summed E-state index contributed by atoms with van der Waals surface area (Å²) in [6.45, 7) is 3.35. The first-order chi connectivity index (χ1) is 7.19. The summed E-state index contributed by atoms with van der Waals surface area (Å²) >= 11 is 0. The summed E-state index contributed by atoms with van der Waals surface area (Å²) < 4.78 is 11.1. The van der Waals surface area contributed by atoms with Crippen molar-refractivity contribution in [3.8, 4) is 11.5 Å². The number of aryl methyl sites for hydroxylation is 1. The molecule has 2 aliphatic rings. The van der Waals surface area contributed by atoms with Crippen molar-refractivity contribution in [1.82, 2.24) is 0 Å². The number of benzene rings is 1. The second kappa shape index (κ2) is 2.89. The van der Waals surface area contributed by atoms with Crippen LogP contribution in [0.15, 0.2) is 12.1 Å². The van der Waals surface area contributed by atoms with E-state index in [0.29, 0.717) is 13.2 Å². The zero-order valence-corrected chi connectivity index (χ0v) is 8.88. The fraction of sp³-hybridized carbons (Fsp3) is 0.500. The molecule has 0 spiro atoms. The van der Waals surface area contributed by atoms with Crippen LogP contribution in [0.4, 0.5) is 0 Å². The van der Waals surface area contributed by atoms with Gasteiger partial charge in [0.05, 0.1) is 0 Å². The number of hydrogen-bond donors (Lipinski definition) is 1. The van der Waals surface area contributed by atoms with E-state index in [9.17, 15) is 0 Å². The Kier molecular flexibility index (Phi) is 1.74. The van der Waals surface area contributed by atoms with Crippen LogP contribution < -0.4 is 15.2 Å². The van der Waals surface area contributed by atoms with Gasteiger partial charge in [0.25, 0.3) is 0 Å². The molecule has 1 aromatic rings. The Bertz CT molecular complexity index is 410. The molecule has 0 aromatic heterocycles. The molecule has 3 nitrogen and oxygen atoms in total. The molecule has 3 rings (SSSR count). The van der Waals surface area contributed by atoms with Gasteiger partial charge in [-0.2, -0.15) is 0 Å². The van der Waals surface area contributed by atoms with E-state index in [2.05, 4.69) is 13.0 Å². The molecule has 0 radical (unpaired) electrons. The summed E-state index contributed by atoms with van der Waals surface area (Å²) in [5.74, 6) is 1.70. The van der Waals surface area contributed by atoms with E-state index < -0.39 is 0 Å². The summed E-state index contributed by atoms with van der Waals surface area (Å²) in [6, 6.07) is 4.09. The second-order valence-electron chi connectivity index (χ2n) is 4.47. The Morgan fingerprint density at radius 3 is 2.33 bits per heavy atom. The highest BCUT2D eigenvalue weighted by Crippen LogP contribution is 2.47. The Labute approximate surface area is 89.2 Å². The topological polar surface area (TPSA) is 44.5 Å². The van der Waals surface area contributed by atoms with Crippen molar-refractivity contribution in [1.29, 1.82) is 0 Å². The largest absolute Gasteiger partial charge is 0.486 e. The lowest BCUT2D eigenvalue weighted by molar-refractivity contribution is 0.171. The highest BCUT2D eigenvalue weighted by molar-refractivity contribution is 5.51. The summed E-state index contributed by atoms with van der Waals surface area (Å²) in [4.78, 5) is 0. The first-order valence-electron chi connectivity index (χ1n) is 5.39. The van der Waals surface area contributed by atoms with Crippen LogP contribution in [-0.2, 0) is 5.54 Å². The number of rotatable bonds is 1. The second-order valence-corrected chi connectivity index (χ2v) is 4.47. The third-order valence-electron chi connectivity index (χ3n) is 3.21. The van der Waals surface area contributed by atoms with E-state index >= 15 is 0 Å². The van der Waals surface area contributed by atoms with Gasteiger partial charge < -0.3 is 15.2 Å². The van der Waals surface area contributed by atoms with E-state index in [0.717, 1.165) is 24.3 Å². The Balaban J connectivity index is 2.08. The lowest BCUT2D eigenvalue weighted by Crippen LogP contribution is -2.22. The van der Waals surface area contributed by atoms with Crippen molar-refractivity contribution in [2.45, 2.75) is 25.3 Å². The lowest BCUT2D eigenvalue weighted by atomic mass is 9.99. The van der Waals surface area contributed by atoms with Crippen molar-refractivity contribution in [2.24, 2.45) is 5.73 Å². The van der Waals surface area contributed by atoms with Crippen LogP contribution in [0.1, 0.15) is 24.0 Å². The van der Waals surface area contributed by atoms with Gasteiger partial charge in [-0.25, -0.2) is 0 Å². The summed E-state index contributed by atoms with van der Waals surface area (Å²) in [6.07, 6.45) is 2.15. The summed E-state index contributed by atoms with van der Waals surface area (Å²) in [5.41, 5.74) is 8.53. The SMILES string of the molecule is Cc1cc2c(cc1C1(N)CC1)OCCO2. The fourth-order valence-corrected chi connectivity index (χ4v) is 2.13. The van der Waals surface area contributed by atoms with Crippen LogP contribution in [0, 0.1) is 6.92 Å². The van der Waals surface area contributed by atoms with Gasteiger partial charge in [-0.3, -0.25) is 0 Å². The standard InChI is InChI=1S/C12H15NO2/c1-8-6-10-11(15-5-4-14-10)7-9(8)12(13)2-3-12/h6-7H,2-5,13H2,1H3. The maximum absolute atomic E-state index is 6.21. The molecule has 0 saturated heterocycles. The van der Waals surface area contributed by atoms with E-state index in [1.54, 1.807) is 0 Å². The average molecular weight is 205 g/mol. The molecule has 0 bridgehead atoms.